The third kappa shape index (κ3) is 3.36. The molecule has 2 nitrogen and oxygen atoms in total. The van der Waals surface area contributed by atoms with E-state index in [1.54, 1.807) is 0 Å². The smallest absolute Gasteiger partial charge is 0.129 e. The molecule has 1 aromatic carbocycles. The van der Waals surface area contributed by atoms with Gasteiger partial charge in [-0.1, -0.05) is 25.8 Å². The molecule has 20 heavy (non-hydrogen) atoms. The Kier molecular flexibility index (Phi) is 5.11. The monoisotopic (exact) mass is 283 g/mol. The molecule has 112 valence electrons. The molecule has 0 aliphatic heterocycles. The highest BCUT2D eigenvalue weighted by Crippen LogP contribution is 2.36. The molecular formula is C16H23F2NO. The molecule has 1 fully saturated rings. The van der Waals surface area contributed by atoms with Crippen LogP contribution in [0.15, 0.2) is 18.2 Å². The second-order valence-corrected chi connectivity index (χ2v) is 6.02. The molecule has 0 saturated heterocycles. The fourth-order valence-corrected chi connectivity index (χ4v) is 3.21. The quantitative estimate of drug-likeness (QED) is 0.891. The molecule has 2 atom stereocenters. The number of halogens is 2. The van der Waals surface area contributed by atoms with E-state index in [1.807, 2.05) is 0 Å². The van der Waals surface area contributed by atoms with Crippen molar-refractivity contribution < 1.29 is 13.9 Å². The molecular weight excluding hydrogens is 260 g/mol. The van der Waals surface area contributed by atoms with Crippen molar-refractivity contribution in [1.82, 2.24) is 0 Å². The average Bonchev–Trinajstić information content (AvgIpc) is 2.42. The Bertz CT molecular complexity index is 444. The first kappa shape index (κ1) is 15.4. The minimum atomic E-state index is -0.660. The van der Waals surface area contributed by atoms with E-state index in [2.05, 4.69) is 6.92 Å². The fraction of sp³-hybridized carbons (Fsp3) is 0.625. The Balaban J connectivity index is 2.14. The second kappa shape index (κ2) is 6.64. The van der Waals surface area contributed by atoms with Gasteiger partial charge in [0.1, 0.15) is 11.6 Å². The molecule has 0 spiro atoms. The maximum atomic E-state index is 13.9. The van der Waals surface area contributed by atoms with Crippen molar-refractivity contribution in [1.29, 1.82) is 0 Å². The number of benzene rings is 1. The molecule has 2 unspecified atom stereocenters. The second-order valence-electron chi connectivity index (χ2n) is 6.02. The molecule has 1 aliphatic carbocycles. The summed E-state index contributed by atoms with van der Waals surface area (Å²) in [7, 11) is 0. The van der Waals surface area contributed by atoms with Gasteiger partial charge in [0.2, 0.25) is 0 Å². The van der Waals surface area contributed by atoms with Crippen LogP contribution in [-0.2, 0) is 0 Å². The van der Waals surface area contributed by atoms with E-state index >= 15 is 0 Å². The van der Waals surface area contributed by atoms with Crippen molar-refractivity contribution in [3.63, 3.8) is 0 Å². The van der Waals surface area contributed by atoms with Gasteiger partial charge in [-0.3, -0.25) is 0 Å². The van der Waals surface area contributed by atoms with E-state index in [-0.39, 0.29) is 12.5 Å². The van der Waals surface area contributed by atoms with Gasteiger partial charge >= 0.3 is 0 Å². The molecule has 0 radical (unpaired) electrons. The Morgan fingerprint density at radius 1 is 1.25 bits per heavy atom. The van der Waals surface area contributed by atoms with Gasteiger partial charge < -0.3 is 10.8 Å². The fourth-order valence-electron chi connectivity index (χ4n) is 3.21. The summed E-state index contributed by atoms with van der Waals surface area (Å²) in [4.78, 5) is 0. The van der Waals surface area contributed by atoms with Gasteiger partial charge in [-0.15, -0.1) is 0 Å². The number of hydrogen-bond donors (Lipinski definition) is 2. The molecule has 4 heteroatoms. The van der Waals surface area contributed by atoms with Gasteiger partial charge in [-0.25, -0.2) is 8.78 Å². The topological polar surface area (TPSA) is 46.2 Å². The number of rotatable bonds is 4. The van der Waals surface area contributed by atoms with Crippen LogP contribution in [0.4, 0.5) is 8.78 Å². The Morgan fingerprint density at radius 3 is 2.45 bits per heavy atom. The Labute approximate surface area is 119 Å². The first-order chi connectivity index (χ1) is 9.52. The molecule has 0 heterocycles. The summed E-state index contributed by atoms with van der Waals surface area (Å²) in [5.41, 5.74) is 6.05. The summed E-state index contributed by atoms with van der Waals surface area (Å²) in [5.74, 6) is -0.845. The van der Waals surface area contributed by atoms with Crippen LogP contribution in [0.1, 0.15) is 44.1 Å². The predicted molar refractivity (Wildman–Crippen MR) is 75.3 cm³/mol. The van der Waals surface area contributed by atoms with Gasteiger partial charge in [-0.2, -0.15) is 0 Å². The van der Waals surface area contributed by atoms with E-state index in [1.165, 1.54) is 12.1 Å². The summed E-state index contributed by atoms with van der Waals surface area (Å²) >= 11 is 0. The van der Waals surface area contributed by atoms with Crippen LogP contribution in [0, 0.1) is 23.5 Å². The van der Waals surface area contributed by atoms with E-state index < -0.39 is 23.7 Å². The predicted octanol–water partition coefficient (Wildman–Crippen LogP) is 3.19. The highest BCUT2D eigenvalue weighted by molar-refractivity contribution is 5.24. The van der Waals surface area contributed by atoms with E-state index in [0.29, 0.717) is 11.5 Å². The largest absolute Gasteiger partial charge is 0.392 e. The maximum absolute atomic E-state index is 13.9. The van der Waals surface area contributed by atoms with E-state index in [9.17, 15) is 13.9 Å². The molecule has 0 amide bonds. The third-order valence-electron chi connectivity index (χ3n) is 4.57. The van der Waals surface area contributed by atoms with Crippen LogP contribution < -0.4 is 5.73 Å². The van der Waals surface area contributed by atoms with Crippen molar-refractivity contribution in [3.8, 4) is 0 Å². The zero-order valence-electron chi connectivity index (χ0n) is 11.9. The highest BCUT2D eigenvalue weighted by Gasteiger charge is 2.32. The summed E-state index contributed by atoms with van der Waals surface area (Å²) in [6.07, 6.45) is 3.41. The highest BCUT2D eigenvalue weighted by atomic mass is 19.1. The molecule has 2 rings (SSSR count). The normalized spacial score (nSPS) is 26.2. The van der Waals surface area contributed by atoms with E-state index in [0.717, 1.165) is 31.7 Å². The lowest BCUT2D eigenvalue weighted by molar-refractivity contribution is 0.0539. The first-order valence-corrected chi connectivity index (χ1v) is 7.36. The van der Waals surface area contributed by atoms with Crippen LogP contribution in [0.25, 0.3) is 0 Å². The zero-order valence-corrected chi connectivity index (χ0v) is 11.9. The number of aliphatic hydroxyl groups excluding tert-OH is 1. The minimum Gasteiger partial charge on any atom is -0.392 e. The standard InChI is InChI=1S/C16H23F2NO/c1-10-2-4-11(5-3-10)16(20)14(9-19)13-7-6-12(17)8-15(13)18/h6-8,10-11,14,16,20H,2-5,9,19H2,1H3. The van der Waals surface area contributed by atoms with Crippen molar-refractivity contribution in [3.05, 3.63) is 35.4 Å². The number of hydrogen-bond acceptors (Lipinski definition) is 2. The van der Waals surface area contributed by atoms with Crippen LogP contribution in [0.3, 0.4) is 0 Å². The van der Waals surface area contributed by atoms with Crippen LogP contribution in [0.2, 0.25) is 0 Å². The number of nitrogens with two attached hydrogens (primary N) is 1. The van der Waals surface area contributed by atoms with Gasteiger partial charge in [0, 0.05) is 18.5 Å². The molecule has 0 aromatic heterocycles. The lowest BCUT2D eigenvalue weighted by atomic mass is 9.75. The van der Waals surface area contributed by atoms with Crippen molar-refractivity contribution in [2.75, 3.05) is 6.54 Å². The SMILES string of the molecule is CC1CCC(C(O)C(CN)c2ccc(F)cc2F)CC1. The number of aliphatic hydroxyl groups is 1. The summed E-state index contributed by atoms with van der Waals surface area (Å²) in [6, 6.07) is 3.47. The molecule has 1 aliphatic rings. The van der Waals surface area contributed by atoms with Crippen LogP contribution >= 0.6 is 0 Å². The third-order valence-corrected chi connectivity index (χ3v) is 4.57. The maximum Gasteiger partial charge on any atom is 0.129 e. The van der Waals surface area contributed by atoms with Crippen molar-refractivity contribution in [2.24, 2.45) is 17.6 Å². The van der Waals surface area contributed by atoms with Crippen LogP contribution in [-0.4, -0.2) is 17.8 Å². The van der Waals surface area contributed by atoms with E-state index in [4.69, 9.17) is 5.73 Å². The molecule has 1 aromatic rings. The lowest BCUT2D eigenvalue weighted by Crippen LogP contribution is -2.35. The summed E-state index contributed by atoms with van der Waals surface area (Å²) in [6.45, 7) is 2.37. The van der Waals surface area contributed by atoms with Crippen LogP contribution in [0.5, 0.6) is 0 Å². The van der Waals surface area contributed by atoms with Crippen molar-refractivity contribution >= 4 is 0 Å². The van der Waals surface area contributed by atoms with Gasteiger partial charge in [0.25, 0.3) is 0 Å². The molecule has 1 saturated carbocycles. The Hall–Kier alpha value is -1.00. The minimum absolute atomic E-state index is 0.157. The van der Waals surface area contributed by atoms with Gasteiger partial charge in [-0.05, 0) is 36.3 Å². The lowest BCUT2D eigenvalue weighted by Gasteiger charge is -2.34. The average molecular weight is 283 g/mol. The summed E-state index contributed by atoms with van der Waals surface area (Å²) in [5, 5.41) is 10.5. The van der Waals surface area contributed by atoms with Gasteiger partial charge in [0.05, 0.1) is 6.10 Å². The molecule has 3 N–H and O–H groups in total. The van der Waals surface area contributed by atoms with Crippen molar-refractivity contribution in [2.45, 2.75) is 44.6 Å². The zero-order chi connectivity index (χ0) is 14.7. The summed E-state index contributed by atoms with van der Waals surface area (Å²) < 4.78 is 26.9. The first-order valence-electron chi connectivity index (χ1n) is 7.36. The molecule has 0 bridgehead atoms. The van der Waals surface area contributed by atoms with Gasteiger partial charge in [0.15, 0.2) is 0 Å². The Morgan fingerprint density at radius 2 is 1.90 bits per heavy atom.